The number of rotatable bonds is 6. The van der Waals surface area contributed by atoms with Crippen molar-refractivity contribution < 1.29 is 41.0 Å². The Morgan fingerprint density at radius 2 is 1.84 bits per heavy atom. The lowest BCUT2D eigenvalue weighted by molar-refractivity contribution is -0.192. The van der Waals surface area contributed by atoms with Gasteiger partial charge in [0.25, 0.3) is 6.08 Å². The number of benzene rings is 1. The Bertz CT molecular complexity index is 1410. The van der Waals surface area contributed by atoms with Crippen molar-refractivity contribution in [1.29, 1.82) is 0 Å². The maximum atomic E-state index is 14.3. The predicted molar refractivity (Wildman–Crippen MR) is 119 cm³/mol. The number of hydrogen-bond acceptors (Lipinski definition) is 6. The van der Waals surface area contributed by atoms with E-state index in [1.165, 1.54) is 33.2 Å². The van der Waals surface area contributed by atoms with Gasteiger partial charge in [0.2, 0.25) is 5.91 Å². The number of carboxylic acid groups (broad SMARTS) is 1. The topological polar surface area (TPSA) is 123 Å². The minimum absolute atomic E-state index is 0.120. The van der Waals surface area contributed by atoms with Crippen molar-refractivity contribution in [3.8, 4) is 0 Å². The number of carbonyl (C=O) groups is 2. The molecule has 3 aromatic rings. The molecule has 3 N–H and O–H groups in total. The zero-order chi connectivity index (χ0) is 27.5. The summed E-state index contributed by atoms with van der Waals surface area (Å²) in [5, 5.41) is 11.5. The average Bonchev–Trinajstić information content (AvgIpc) is 3.50. The molecule has 0 saturated heterocycles. The zero-order valence-electron chi connectivity index (χ0n) is 18.5. The lowest BCUT2D eigenvalue weighted by Crippen LogP contribution is -2.27. The van der Waals surface area contributed by atoms with E-state index in [1.807, 2.05) is 0 Å². The molecule has 4 rings (SSSR count). The van der Waals surface area contributed by atoms with Gasteiger partial charge in [-0.3, -0.25) is 14.3 Å². The van der Waals surface area contributed by atoms with Crippen LogP contribution in [0, 0.1) is 5.82 Å². The Balaban J connectivity index is 0.000000479. The molecule has 0 saturated carbocycles. The fourth-order valence-corrected chi connectivity index (χ4v) is 4.29. The van der Waals surface area contributed by atoms with Crippen molar-refractivity contribution in [2.24, 2.45) is 5.73 Å². The lowest BCUT2D eigenvalue weighted by atomic mass is 10.1. The first-order chi connectivity index (χ1) is 17.3. The summed E-state index contributed by atoms with van der Waals surface area (Å²) in [4.78, 5) is 35.8. The number of aromatic nitrogens is 3. The Labute approximate surface area is 207 Å². The number of alkyl halides is 3. The summed E-state index contributed by atoms with van der Waals surface area (Å²) in [6.45, 7) is -0.633. The number of fused-ring (bicyclic) bond motifs is 1. The highest BCUT2D eigenvalue weighted by Crippen LogP contribution is 2.40. The molecule has 16 heteroatoms. The summed E-state index contributed by atoms with van der Waals surface area (Å²) >= 11 is 1.23. The first kappa shape index (κ1) is 27.7. The van der Waals surface area contributed by atoms with Crippen molar-refractivity contribution in [3.05, 3.63) is 75.1 Å². The van der Waals surface area contributed by atoms with Crippen LogP contribution in [-0.2, 0) is 29.1 Å². The number of nitrogens with two attached hydrogens (primary N) is 1. The number of anilines is 2. The van der Waals surface area contributed by atoms with Crippen LogP contribution in [0.1, 0.15) is 10.4 Å². The normalized spacial score (nSPS) is 12.7. The number of carboxylic acids is 1. The van der Waals surface area contributed by atoms with Gasteiger partial charge in [-0.15, -0.1) is 11.3 Å². The number of hydrogen-bond donors (Lipinski definition) is 2. The fourth-order valence-electron chi connectivity index (χ4n) is 3.26. The van der Waals surface area contributed by atoms with Crippen LogP contribution in [0.3, 0.4) is 0 Å². The second-order valence-electron chi connectivity index (χ2n) is 7.46. The van der Waals surface area contributed by atoms with Crippen LogP contribution in [0.5, 0.6) is 0 Å². The van der Waals surface area contributed by atoms with Gasteiger partial charge in [-0.05, 0) is 23.8 Å². The molecule has 1 aliphatic rings. The maximum Gasteiger partial charge on any atom is 0.490 e. The molecule has 0 spiro atoms. The Hall–Kier alpha value is -3.92. The van der Waals surface area contributed by atoms with Crippen LogP contribution in [0.25, 0.3) is 0 Å². The van der Waals surface area contributed by atoms with Crippen LogP contribution in [-0.4, -0.2) is 44.1 Å². The fraction of sp³-hybridized carbons (Fsp3) is 0.238. The van der Waals surface area contributed by atoms with Gasteiger partial charge < -0.3 is 10.8 Å². The van der Waals surface area contributed by atoms with Crippen molar-refractivity contribution in [1.82, 2.24) is 14.3 Å². The Morgan fingerprint density at radius 1 is 1.16 bits per heavy atom. The van der Waals surface area contributed by atoms with E-state index in [9.17, 15) is 35.9 Å². The number of aliphatic carboxylic acids is 1. The zero-order valence-corrected chi connectivity index (χ0v) is 19.3. The van der Waals surface area contributed by atoms with Crippen LogP contribution < -0.4 is 16.3 Å². The van der Waals surface area contributed by atoms with Gasteiger partial charge >= 0.3 is 17.8 Å². The van der Waals surface area contributed by atoms with Crippen molar-refractivity contribution in [2.75, 3.05) is 11.4 Å². The first-order valence-corrected chi connectivity index (χ1v) is 11.0. The van der Waals surface area contributed by atoms with E-state index in [1.54, 1.807) is 24.3 Å². The minimum atomic E-state index is -5.08. The lowest BCUT2D eigenvalue weighted by Gasteiger charge is -2.15. The van der Waals surface area contributed by atoms with Gasteiger partial charge in [-0.1, -0.05) is 12.1 Å². The van der Waals surface area contributed by atoms with Crippen LogP contribution in [0.2, 0.25) is 0 Å². The van der Waals surface area contributed by atoms with Gasteiger partial charge in [0.05, 0.1) is 25.2 Å². The highest BCUT2D eigenvalue weighted by molar-refractivity contribution is 7.16. The molecule has 37 heavy (non-hydrogen) atoms. The largest absolute Gasteiger partial charge is 0.490 e. The third kappa shape index (κ3) is 6.26. The van der Waals surface area contributed by atoms with E-state index < -0.39 is 36.3 Å². The molecule has 0 aliphatic carbocycles. The summed E-state index contributed by atoms with van der Waals surface area (Å²) in [6, 6.07) is 7.99. The number of amides is 1. The third-order valence-electron chi connectivity index (χ3n) is 4.97. The molecular weight excluding hydrogens is 532 g/mol. The van der Waals surface area contributed by atoms with Gasteiger partial charge in [-0.2, -0.15) is 27.1 Å². The van der Waals surface area contributed by atoms with Crippen molar-refractivity contribution in [2.45, 2.75) is 25.7 Å². The second-order valence-corrected chi connectivity index (χ2v) is 8.61. The van der Waals surface area contributed by atoms with E-state index in [0.29, 0.717) is 10.6 Å². The molecular formula is C21H17F6N5O4S. The highest BCUT2D eigenvalue weighted by atomic mass is 32.1. The minimum Gasteiger partial charge on any atom is -0.475 e. The van der Waals surface area contributed by atoms with Crippen molar-refractivity contribution >= 4 is 33.9 Å². The Morgan fingerprint density at radius 3 is 2.43 bits per heavy atom. The van der Waals surface area contributed by atoms with E-state index in [0.717, 1.165) is 9.56 Å². The summed E-state index contributed by atoms with van der Waals surface area (Å²) in [5.41, 5.74) is 5.21. The number of nitrogens with zero attached hydrogens (tertiary/aromatic N) is 4. The first-order valence-electron chi connectivity index (χ1n) is 10.2. The van der Waals surface area contributed by atoms with E-state index in [-0.39, 0.29) is 36.7 Å². The molecule has 0 radical (unpaired) electrons. The molecule has 198 valence electrons. The van der Waals surface area contributed by atoms with E-state index in [4.69, 9.17) is 15.6 Å². The predicted octanol–water partition coefficient (Wildman–Crippen LogP) is 3.26. The molecule has 0 unspecified atom stereocenters. The quantitative estimate of drug-likeness (QED) is 0.455. The highest BCUT2D eigenvalue weighted by Gasteiger charge is 2.38. The number of thiophene rings is 1. The summed E-state index contributed by atoms with van der Waals surface area (Å²) in [7, 11) is 0. The van der Waals surface area contributed by atoms with Gasteiger partial charge in [0.1, 0.15) is 17.1 Å². The third-order valence-corrected chi connectivity index (χ3v) is 6.03. The Kier molecular flexibility index (Phi) is 8.22. The van der Waals surface area contributed by atoms with Gasteiger partial charge in [0.15, 0.2) is 0 Å². The number of halogens is 6. The second kappa shape index (κ2) is 11.0. The average molecular weight is 549 g/mol. The standard InChI is InChI=1S/C19H16F3N5O2S.C2HF3O2/c20-14-3-1-2-11-6-15(28)27(17(11)14)16-5-4-13(30-16)9-25-10-24-26(19(25)29)8-12(7-23)18(21)22;3-2(4,5)1(6)7/h1-5,10H,6-9,23H2;(H,6,7). The molecule has 2 aromatic heterocycles. The summed E-state index contributed by atoms with van der Waals surface area (Å²) in [5.74, 6) is -3.47. The van der Waals surface area contributed by atoms with E-state index in [2.05, 4.69) is 5.10 Å². The molecule has 1 aliphatic heterocycles. The van der Waals surface area contributed by atoms with Crippen LogP contribution in [0.15, 0.2) is 53.1 Å². The molecule has 1 aromatic carbocycles. The summed E-state index contributed by atoms with van der Waals surface area (Å²) in [6.07, 6.45) is -5.64. The number of para-hydroxylation sites is 1. The molecule has 1 amide bonds. The van der Waals surface area contributed by atoms with E-state index >= 15 is 0 Å². The molecule has 0 fully saturated rings. The van der Waals surface area contributed by atoms with Gasteiger partial charge in [-0.25, -0.2) is 18.7 Å². The monoisotopic (exact) mass is 549 g/mol. The smallest absolute Gasteiger partial charge is 0.475 e. The van der Waals surface area contributed by atoms with Crippen LogP contribution in [0.4, 0.5) is 37.0 Å². The molecule has 0 bridgehead atoms. The van der Waals surface area contributed by atoms with Crippen molar-refractivity contribution in [3.63, 3.8) is 0 Å². The summed E-state index contributed by atoms with van der Waals surface area (Å²) < 4.78 is 73.8. The maximum absolute atomic E-state index is 14.3. The van der Waals surface area contributed by atoms with Crippen LogP contribution >= 0.6 is 11.3 Å². The SMILES string of the molecule is NCC(Cn1ncn(Cc2ccc(N3C(=O)Cc4cccc(F)c43)s2)c1=O)=C(F)F.O=C(O)C(F)(F)F. The van der Waals surface area contributed by atoms with Gasteiger partial charge in [0, 0.05) is 17.0 Å². The molecule has 3 heterocycles. The molecule has 0 atom stereocenters. The number of carbonyl (C=O) groups excluding carboxylic acids is 1. The molecule has 9 nitrogen and oxygen atoms in total.